The zero-order valence-corrected chi connectivity index (χ0v) is 6.43. The lowest BCUT2D eigenvalue weighted by atomic mass is 10.1. The molecule has 0 saturated heterocycles. The minimum absolute atomic E-state index is 0.867. The summed E-state index contributed by atoms with van der Waals surface area (Å²) in [5, 5.41) is 0. The summed E-state index contributed by atoms with van der Waals surface area (Å²) in [4.78, 5) is 0. The topological polar surface area (TPSA) is 26.0 Å². The van der Waals surface area contributed by atoms with E-state index in [2.05, 4.69) is 13.8 Å². The van der Waals surface area contributed by atoms with Gasteiger partial charge in [0.2, 0.25) is 0 Å². The van der Waals surface area contributed by atoms with Crippen LogP contribution in [0, 0.1) is 17.8 Å². The molecule has 1 nitrogen and oxygen atoms in total. The number of hydrogen-bond acceptors (Lipinski definition) is 1. The third kappa shape index (κ3) is 1.98. The van der Waals surface area contributed by atoms with Gasteiger partial charge in [-0.2, -0.15) is 0 Å². The first-order valence-corrected chi connectivity index (χ1v) is 3.94. The summed E-state index contributed by atoms with van der Waals surface area (Å²) in [6, 6.07) is 0. The van der Waals surface area contributed by atoms with Gasteiger partial charge in [-0.3, -0.25) is 0 Å². The summed E-state index contributed by atoms with van der Waals surface area (Å²) in [6.45, 7) is 5.48. The van der Waals surface area contributed by atoms with E-state index in [9.17, 15) is 0 Å². The third-order valence-electron chi connectivity index (χ3n) is 2.15. The molecule has 0 spiro atoms. The first-order chi connectivity index (χ1) is 4.24. The highest BCUT2D eigenvalue weighted by atomic mass is 14.6. The Labute approximate surface area is 57.6 Å². The molecule has 1 rings (SSSR count). The maximum absolute atomic E-state index is 5.50. The molecule has 0 amide bonds. The number of hydrogen-bond donors (Lipinski definition) is 1. The third-order valence-corrected chi connectivity index (χ3v) is 2.15. The van der Waals surface area contributed by atoms with Crippen LogP contribution in [0.15, 0.2) is 0 Å². The molecule has 1 fully saturated rings. The predicted molar refractivity (Wildman–Crippen MR) is 40.1 cm³/mol. The van der Waals surface area contributed by atoms with E-state index in [1.54, 1.807) is 0 Å². The van der Waals surface area contributed by atoms with Gasteiger partial charge in [0.1, 0.15) is 0 Å². The van der Waals surface area contributed by atoms with Crippen LogP contribution >= 0.6 is 0 Å². The molecular formula is C8H17N. The van der Waals surface area contributed by atoms with Crippen LogP contribution in [0.1, 0.15) is 26.7 Å². The van der Waals surface area contributed by atoms with Crippen molar-refractivity contribution in [2.75, 3.05) is 6.54 Å². The Morgan fingerprint density at radius 1 is 1.44 bits per heavy atom. The lowest BCUT2D eigenvalue weighted by molar-refractivity contribution is 0.514. The second kappa shape index (κ2) is 2.70. The van der Waals surface area contributed by atoms with Gasteiger partial charge in [0.15, 0.2) is 0 Å². The first-order valence-electron chi connectivity index (χ1n) is 3.94. The quantitative estimate of drug-likeness (QED) is 0.612. The van der Waals surface area contributed by atoms with Gasteiger partial charge in [-0.25, -0.2) is 0 Å². The molecule has 1 saturated carbocycles. The summed E-state index contributed by atoms with van der Waals surface area (Å²) in [5.74, 6) is 2.73. The summed E-state index contributed by atoms with van der Waals surface area (Å²) in [6.07, 6.45) is 2.79. The fraction of sp³-hybridized carbons (Fsp3) is 1.00. The van der Waals surface area contributed by atoms with Crippen LogP contribution in [0.25, 0.3) is 0 Å². The van der Waals surface area contributed by atoms with E-state index in [1.807, 2.05) is 0 Å². The maximum Gasteiger partial charge on any atom is -0.00461 e. The summed E-state index contributed by atoms with van der Waals surface area (Å²) in [5.41, 5.74) is 5.50. The van der Waals surface area contributed by atoms with E-state index < -0.39 is 0 Å². The van der Waals surface area contributed by atoms with Gasteiger partial charge in [-0.1, -0.05) is 13.8 Å². The second-order valence-corrected chi connectivity index (χ2v) is 3.62. The molecule has 0 heterocycles. The lowest BCUT2D eigenvalue weighted by Crippen LogP contribution is -2.03. The number of rotatable bonds is 3. The molecule has 0 aromatic heterocycles. The Morgan fingerprint density at radius 2 is 2.11 bits per heavy atom. The fourth-order valence-corrected chi connectivity index (χ4v) is 1.49. The summed E-state index contributed by atoms with van der Waals surface area (Å²) < 4.78 is 0. The minimum atomic E-state index is 0.867. The standard InChI is InChI=1S/C8H17N/c1-6(2)3-7-4-8(7)5-9/h6-8H,3-5,9H2,1-2H3. The molecule has 54 valence electrons. The van der Waals surface area contributed by atoms with E-state index >= 15 is 0 Å². The first kappa shape index (κ1) is 7.07. The smallest absolute Gasteiger partial charge is 0.00461 e. The van der Waals surface area contributed by atoms with Crippen LogP contribution in [0.4, 0.5) is 0 Å². The van der Waals surface area contributed by atoms with E-state index in [-0.39, 0.29) is 0 Å². The normalized spacial score (nSPS) is 33.3. The van der Waals surface area contributed by atoms with Crippen LogP contribution < -0.4 is 5.73 Å². The average Bonchev–Trinajstić information content (AvgIpc) is 2.45. The average molecular weight is 127 g/mol. The van der Waals surface area contributed by atoms with Crippen molar-refractivity contribution in [1.82, 2.24) is 0 Å². The Hall–Kier alpha value is -0.0400. The maximum atomic E-state index is 5.50. The number of nitrogens with two attached hydrogens (primary N) is 1. The second-order valence-electron chi connectivity index (χ2n) is 3.62. The fourth-order valence-electron chi connectivity index (χ4n) is 1.49. The van der Waals surface area contributed by atoms with Crippen molar-refractivity contribution in [2.45, 2.75) is 26.7 Å². The Balaban J connectivity index is 2.05. The SMILES string of the molecule is CC(C)CC1CC1CN. The van der Waals surface area contributed by atoms with Crippen molar-refractivity contribution in [3.8, 4) is 0 Å². The molecule has 0 aromatic rings. The van der Waals surface area contributed by atoms with Crippen molar-refractivity contribution >= 4 is 0 Å². The Kier molecular flexibility index (Phi) is 2.12. The molecule has 0 aliphatic heterocycles. The molecular weight excluding hydrogens is 110 g/mol. The van der Waals surface area contributed by atoms with Gasteiger partial charge in [0.05, 0.1) is 0 Å². The van der Waals surface area contributed by atoms with Gasteiger partial charge in [0.25, 0.3) is 0 Å². The minimum Gasteiger partial charge on any atom is -0.330 e. The predicted octanol–water partition coefficient (Wildman–Crippen LogP) is 1.63. The molecule has 1 heteroatoms. The van der Waals surface area contributed by atoms with E-state index in [0.29, 0.717) is 0 Å². The zero-order valence-electron chi connectivity index (χ0n) is 6.43. The molecule has 2 N–H and O–H groups in total. The van der Waals surface area contributed by atoms with E-state index in [1.165, 1.54) is 12.8 Å². The summed E-state index contributed by atoms with van der Waals surface area (Å²) in [7, 11) is 0. The van der Waals surface area contributed by atoms with E-state index in [4.69, 9.17) is 5.73 Å². The van der Waals surface area contributed by atoms with Gasteiger partial charge in [0, 0.05) is 0 Å². The van der Waals surface area contributed by atoms with E-state index in [0.717, 1.165) is 24.3 Å². The van der Waals surface area contributed by atoms with Crippen molar-refractivity contribution in [3.63, 3.8) is 0 Å². The van der Waals surface area contributed by atoms with Crippen molar-refractivity contribution in [2.24, 2.45) is 23.5 Å². The van der Waals surface area contributed by atoms with Crippen molar-refractivity contribution < 1.29 is 0 Å². The Bertz CT molecular complexity index is 88.6. The van der Waals surface area contributed by atoms with Crippen LogP contribution in [-0.2, 0) is 0 Å². The molecule has 2 atom stereocenters. The molecule has 1 aliphatic carbocycles. The molecule has 0 radical (unpaired) electrons. The highest BCUT2D eigenvalue weighted by Crippen LogP contribution is 2.41. The monoisotopic (exact) mass is 127 g/mol. The largest absolute Gasteiger partial charge is 0.330 e. The zero-order chi connectivity index (χ0) is 6.85. The van der Waals surface area contributed by atoms with Crippen LogP contribution in [-0.4, -0.2) is 6.54 Å². The molecule has 2 unspecified atom stereocenters. The summed E-state index contributed by atoms with van der Waals surface area (Å²) >= 11 is 0. The van der Waals surface area contributed by atoms with Crippen LogP contribution in [0.2, 0.25) is 0 Å². The Morgan fingerprint density at radius 3 is 2.44 bits per heavy atom. The highest BCUT2D eigenvalue weighted by Gasteiger charge is 2.35. The van der Waals surface area contributed by atoms with Crippen LogP contribution in [0.5, 0.6) is 0 Å². The molecule has 0 aromatic carbocycles. The van der Waals surface area contributed by atoms with Gasteiger partial charge in [-0.05, 0) is 37.1 Å². The van der Waals surface area contributed by atoms with Gasteiger partial charge in [-0.15, -0.1) is 0 Å². The lowest BCUT2D eigenvalue weighted by Gasteiger charge is -2.00. The van der Waals surface area contributed by atoms with Gasteiger partial charge >= 0.3 is 0 Å². The van der Waals surface area contributed by atoms with Crippen LogP contribution in [0.3, 0.4) is 0 Å². The molecule has 0 bridgehead atoms. The molecule has 1 aliphatic rings. The highest BCUT2D eigenvalue weighted by molar-refractivity contribution is 4.86. The van der Waals surface area contributed by atoms with Gasteiger partial charge < -0.3 is 5.73 Å². The van der Waals surface area contributed by atoms with Crippen molar-refractivity contribution in [1.29, 1.82) is 0 Å². The van der Waals surface area contributed by atoms with Crippen molar-refractivity contribution in [3.05, 3.63) is 0 Å². The molecule has 9 heavy (non-hydrogen) atoms.